The van der Waals surface area contributed by atoms with Crippen molar-refractivity contribution < 1.29 is 15.0 Å². The largest absolute Gasteiger partial charge is 0.479 e. The summed E-state index contributed by atoms with van der Waals surface area (Å²) < 4.78 is 1.61. The predicted molar refractivity (Wildman–Crippen MR) is 38.1 cm³/mol. The molecule has 0 unspecified atom stereocenters. The summed E-state index contributed by atoms with van der Waals surface area (Å²) in [5.41, 5.74) is 0. The highest BCUT2D eigenvalue weighted by molar-refractivity contribution is 5.71. The van der Waals surface area contributed by atoms with Crippen molar-refractivity contribution in [3.8, 4) is 0 Å². The van der Waals surface area contributed by atoms with E-state index in [0.717, 1.165) is 0 Å². The van der Waals surface area contributed by atoms with E-state index in [1.165, 1.54) is 0 Å². The van der Waals surface area contributed by atoms with Crippen molar-refractivity contribution in [1.82, 2.24) is 4.57 Å². The SMILES string of the molecule is O=C(O)[C@H](O)Cn1cccc1. The van der Waals surface area contributed by atoms with Crippen molar-refractivity contribution in [3.05, 3.63) is 24.5 Å². The minimum Gasteiger partial charge on any atom is -0.479 e. The molecule has 0 amide bonds. The van der Waals surface area contributed by atoms with Gasteiger partial charge in [-0.1, -0.05) is 0 Å². The third-order valence-electron chi connectivity index (χ3n) is 1.34. The highest BCUT2D eigenvalue weighted by atomic mass is 16.4. The van der Waals surface area contributed by atoms with Crippen LogP contribution in [0.4, 0.5) is 0 Å². The second-order valence-electron chi connectivity index (χ2n) is 2.23. The summed E-state index contributed by atoms with van der Waals surface area (Å²) in [4.78, 5) is 10.2. The number of aliphatic carboxylic acids is 1. The fourth-order valence-corrected chi connectivity index (χ4v) is 0.770. The molecular formula is C7H9NO3. The first-order valence-electron chi connectivity index (χ1n) is 3.22. The molecule has 0 fully saturated rings. The molecule has 0 bridgehead atoms. The zero-order valence-electron chi connectivity index (χ0n) is 5.84. The fraction of sp³-hybridized carbons (Fsp3) is 0.286. The van der Waals surface area contributed by atoms with E-state index in [0.29, 0.717) is 0 Å². The molecule has 0 aromatic carbocycles. The lowest BCUT2D eigenvalue weighted by molar-refractivity contribution is -0.147. The molecule has 60 valence electrons. The Kier molecular flexibility index (Phi) is 2.28. The topological polar surface area (TPSA) is 62.5 Å². The third kappa shape index (κ3) is 2.09. The van der Waals surface area contributed by atoms with E-state index < -0.39 is 12.1 Å². The summed E-state index contributed by atoms with van der Waals surface area (Å²) in [7, 11) is 0. The second-order valence-corrected chi connectivity index (χ2v) is 2.23. The summed E-state index contributed by atoms with van der Waals surface area (Å²) in [6, 6.07) is 3.54. The number of aliphatic hydroxyl groups is 1. The van der Waals surface area contributed by atoms with Gasteiger partial charge in [0.2, 0.25) is 0 Å². The van der Waals surface area contributed by atoms with Crippen LogP contribution < -0.4 is 0 Å². The molecule has 0 radical (unpaired) electrons. The van der Waals surface area contributed by atoms with Crippen molar-refractivity contribution in [2.45, 2.75) is 12.6 Å². The van der Waals surface area contributed by atoms with E-state index >= 15 is 0 Å². The molecule has 1 atom stereocenters. The van der Waals surface area contributed by atoms with Gasteiger partial charge in [-0.2, -0.15) is 0 Å². The van der Waals surface area contributed by atoms with Gasteiger partial charge < -0.3 is 14.8 Å². The molecule has 11 heavy (non-hydrogen) atoms. The van der Waals surface area contributed by atoms with Crippen LogP contribution in [0.5, 0.6) is 0 Å². The van der Waals surface area contributed by atoms with Crippen LogP contribution in [0.25, 0.3) is 0 Å². The summed E-state index contributed by atoms with van der Waals surface area (Å²) in [5, 5.41) is 17.2. The molecule has 1 heterocycles. The summed E-state index contributed by atoms with van der Waals surface area (Å²) in [6.45, 7) is 0.0995. The zero-order valence-corrected chi connectivity index (χ0v) is 5.84. The Hall–Kier alpha value is -1.29. The van der Waals surface area contributed by atoms with Crippen LogP contribution in [-0.4, -0.2) is 26.9 Å². The fourth-order valence-electron chi connectivity index (χ4n) is 0.770. The van der Waals surface area contributed by atoms with Crippen molar-refractivity contribution in [2.24, 2.45) is 0 Å². The molecule has 0 saturated heterocycles. The van der Waals surface area contributed by atoms with Gasteiger partial charge in [-0.05, 0) is 12.1 Å². The number of aliphatic hydroxyl groups excluding tert-OH is 1. The molecule has 1 aromatic heterocycles. The Bertz CT molecular complexity index is 230. The van der Waals surface area contributed by atoms with Gasteiger partial charge in [0.1, 0.15) is 0 Å². The summed E-state index contributed by atoms with van der Waals surface area (Å²) in [6.07, 6.45) is 2.08. The van der Waals surface area contributed by atoms with E-state index in [1.54, 1.807) is 29.1 Å². The smallest absolute Gasteiger partial charge is 0.334 e. The number of carboxylic acids is 1. The van der Waals surface area contributed by atoms with Crippen LogP contribution in [0.3, 0.4) is 0 Å². The summed E-state index contributed by atoms with van der Waals surface area (Å²) in [5.74, 6) is -1.20. The lowest BCUT2D eigenvalue weighted by Gasteiger charge is -2.05. The Balaban J connectivity index is 2.50. The van der Waals surface area contributed by atoms with Crippen molar-refractivity contribution in [2.75, 3.05) is 0 Å². The van der Waals surface area contributed by atoms with Gasteiger partial charge in [-0.3, -0.25) is 0 Å². The minimum atomic E-state index is -1.32. The number of carboxylic acid groups (broad SMARTS) is 1. The molecule has 1 rings (SSSR count). The maximum Gasteiger partial charge on any atom is 0.334 e. The van der Waals surface area contributed by atoms with Crippen LogP contribution >= 0.6 is 0 Å². The van der Waals surface area contributed by atoms with Crippen LogP contribution in [0.15, 0.2) is 24.5 Å². The minimum absolute atomic E-state index is 0.0995. The molecule has 4 nitrogen and oxygen atoms in total. The number of aromatic nitrogens is 1. The molecular weight excluding hydrogens is 146 g/mol. The molecule has 0 spiro atoms. The Morgan fingerprint density at radius 1 is 1.45 bits per heavy atom. The average Bonchev–Trinajstić information content (AvgIpc) is 2.39. The lowest BCUT2D eigenvalue weighted by atomic mass is 10.3. The van der Waals surface area contributed by atoms with Gasteiger partial charge in [0.15, 0.2) is 6.10 Å². The molecule has 2 N–H and O–H groups in total. The van der Waals surface area contributed by atoms with Crippen molar-refractivity contribution in [3.63, 3.8) is 0 Å². The van der Waals surface area contributed by atoms with Crippen LogP contribution in [-0.2, 0) is 11.3 Å². The molecule has 0 aliphatic rings. The van der Waals surface area contributed by atoms with Gasteiger partial charge in [-0.15, -0.1) is 0 Å². The maximum absolute atomic E-state index is 10.2. The van der Waals surface area contributed by atoms with Gasteiger partial charge >= 0.3 is 5.97 Å². The number of hydrogen-bond acceptors (Lipinski definition) is 2. The highest BCUT2D eigenvalue weighted by Crippen LogP contribution is 1.93. The standard InChI is InChI=1S/C7H9NO3/c9-6(7(10)11)5-8-3-1-2-4-8/h1-4,6,9H,5H2,(H,10,11)/t6-/m1/s1. The maximum atomic E-state index is 10.2. The Morgan fingerprint density at radius 2 is 2.00 bits per heavy atom. The Morgan fingerprint density at radius 3 is 2.45 bits per heavy atom. The second kappa shape index (κ2) is 3.21. The van der Waals surface area contributed by atoms with Crippen molar-refractivity contribution >= 4 is 5.97 Å². The van der Waals surface area contributed by atoms with E-state index in [9.17, 15) is 4.79 Å². The van der Waals surface area contributed by atoms with Gasteiger partial charge in [0.05, 0.1) is 6.54 Å². The molecule has 1 aromatic rings. The first kappa shape index (κ1) is 7.81. The van der Waals surface area contributed by atoms with Gasteiger partial charge in [0.25, 0.3) is 0 Å². The molecule has 0 aliphatic heterocycles. The van der Waals surface area contributed by atoms with E-state index in [4.69, 9.17) is 10.2 Å². The molecule has 4 heteroatoms. The third-order valence-corrected chi connectivity index (χ3v) is 1.34. The predicted octanol–water partition coefficient (Wildman–Crippen LogP) is -0.0664. The normalized spacial score (nSPS) is 12.8. The first-order chi connectivity index (χ1) is 5.20. The number of rotatable bonds is 3. The quantitative estimate of drug-likeness (QED) is 0.642. The summed E-state index contributed by atoms with van der Waals surface area (Å²) >= 11 is 0. The van der Waals surface area contributed by atoms with Crippen LogP contribution in [0, 0.1) is 0 Å². The Labute approximate surface area is 63.7 Å². The lowest BCUT2D eigenvalue weighted by Crippen LogP contribution is -2.24. The van der Waals surface area contributed by atoms with Gasteiger partial charge in [0, 0.05) is 12.4 Å². The number of carbonyl (C=O) groups is 1. The monoisotopic (exact) mass is 155 g/mol. The van der Waals surface area contributed by atoms with Gasteiger partial charge in [-0.25, -0.2) is 4.79 Å². The molecule has 0 saturated carbocycles. The number of hydrogen-bond donors (Lipinski definition) is 2. The number of nitrogens with zero attached hydrogens (tertiary/aromatic N) is 1. The van der Waals surface area contributed by atoms with E-state index in [1.807, 2.05) is 0 Å². The first-order valence-corrected chi connectivity index (χ1v) is 3.22. The zero-order chi connectivity index (χ0) is 8.27. The van der Waals surface area contributed by atoms with E-state index in [2.05, 4.69) is 0 Å². The van der Waals surface area contributed by atoms with Crippen LogP contribution in [0.1, 0.15) is 0 Å². The average molecular weight is 155 g/mol. The highest BCUT2D eigenvalue weighted by Gasteiger charge is 2.12. The van der Waals surface area contributed by atoms with E-state index in [-0.39, 0.29) is 6.54 Å². The van der Waals surface area contributed by atoms with Crippen LogP contribution in [0.2, 0.25) is 0 Å². The van der Waals surface area contributed by atoms with Crippen molar-refractivity contribution in [1.29, 1.82) is 0 Å². The molecule has 0 aliphatic carbocycles.